The Morgan fingerprint density at radius 3 is 2.21 bits per heavy atom. The lowest BCUT2D eigenvalue weighted by Crippen LogP contribution is -2.52. The van der Waals surface area contributed by atoms with E-state index in [-0.39, 0.29) is 18.5 Å². The molecule has 7 nitrogen and oxygen atoms in total. The van der Waals surface area contributed by atoms with Crippen molar-refractivity contribution in [3.8, 4) is 0 Å². The van der Waals surface area contributed by atoms with Gasteiger partial charge in [0.15, 0.2) is 0 Å². The SMILES string of the molecule is CCC(C)NC(=O)C(C)N(Cc1ccc(Cl)cc1)C(=O)CN(c1ccc(C)cc1C)S(C)(=O)=O. The third-order valence-corrected chi connectivity index (χ3v) is 7.11. The maximum absolute atomic E-state index is 13.5. The van der Waals surface area contributed by atoms with Crippen LogP contribution in [0.3, 0.4) is 0 Å². The van der Waals surface area contributed by atoms with Gasteiger partial charge in [0.05, 0.1) is 11.9 Å². The van der Waals surface area contributed by atoms with E-state index in [0.717, 1.165) is 33.7 Å². The summed E-state index contributed by atoms with van der Waals surface area (Å²) in [5.74, 6) is -0.777. The van der Waals surface area contributed by atoms with Crippen LogP contribution in [0.15, 0.2) is 42.5 Å². The van der Waals surface area contributed by atoms with Crippen LogP contribution in [0, 0.1) is 13.8 Å². The summed E-state index contributed by atoms with van der Waals surface area (Å²) in [6.45, 7) is 8.93. The van der Waals surface area contributed by atoms with Gasteiger partial charge in [-0.3, -0.25) is 13.9 Å². The van der Waals surface area contributed by atoms with Crippen LogP contribution in [0.1, 0.15) is 43.9 Å². The number of benzene rings is 2. The highest BCUT2D eigenvalue weighted by atomic mass is 35.5. The first kappa shape index (κ1) is 27.7. The van der Waals surface area contributed by atoms with Gasteiger partial charge in [-0.15, -0.1) is 0 Å². The molecule has 0 heterocycles. The second-order valence-electron chi connectivity index (χ2n) is 8.70. The van der Waals surface area contributed by atoms with Crippen molar-refractivity contribution in [1.29, 1.82) is 0 Å². The molecule has 2 atom stereocenters. The van der Waals surface area contributed by atoms with E-state index in [0.29, 0.717) is 10.7 Å². The molecule has 0 bridgehead atoms. The fourth-order valence-electron chi connectivity index (χ4n) is 3.51. The summed E-state index contributed by atoms with van der Waals surface area (Å²) >= 11 is 5.99. The number of anilines is 1. The third-order valence-electron chi connectivity index (χ3n) is 5.73. The van der Waals surface area contributed by atoms with E-state index in [2.05, 4.69) is 5.32 Å². The molecule has 0 aliphatic rings. The average Bonchev–Trinajstić information content (AvgIpc) is 2.76. The molecular weight excluding hydrogens is 474 g/mol. The predicted molar refractivity (Wildman–Crippen MR) is 137 cm³/mol. The number of hydrogen-bond acceptors (Lipinski definition) is 4. The second kappa shape index (κ2) is 11.7. The van der Waals surface area contributed by atoms with Gasteiger partial charge in [-0.2, -0.15) is 0 Å². The maximum Gasteiger partial charge on any atom is 0.244 e. The smallest absolute Gasteiger partial charge is 0.244 e. The summed E-state index contributed by atoms with van der Waals surface area (Å²) in [6, 6.07) is 11.5. The first-order valence-electron chi connectivity index (χ1n) is 11.2. The molecule has 0 radical (unpaired) electrons. The van der Waals surface area contributed by atoms with Gasteiger partial charge in [-0.05, 0) is 63.4 Å². The number of nitrogens with zero attached hydrogens (tertiary/aromatic N) is 2. The van der Waals surface area contributed by atoms with E-state index < -0.39 is 28.5 Å². The Bertz CT molecular complexity index is 1120. The van der Waals surface area contributed by atoms with E-state index in [1.54, 1.807) is 50.2 Å². The topological polar surface area (TPSA) is 86.8 Å². The van der Waals surface area contributed by atoms with Crippen molar-refractivity contribution in [3.63, 3.8) is 0 Å². The van der Waals surface area contributed by atoms with Crippen LogP contribution in [-0.2, 0) is 26.2 Å². The molecule has 0 spiro atoms. The molecule has 2 rings (SSSR count). The number of amides is 2. The van der Waals surface area contributed by atoms with Gasteiger partial charge >= 0.3 is 0 Å². The van der Waals surface area contributed by atoms with Crippen LogP contribution in [0.2, 0.25) is 5.02 Å². The molecule has 0 saturated carbocycles. The van der Waals surface area contributed by atoms with Crippen molar-refractivity contribution in [2.75, 3.05) is 17.1 Å². The molecule has 2 unspecified atom stereocenters. The van der Waals surface area contributed by atoms with E-state index in [9.17, 15) is 18.0 Å². The zero-order valence-electron chi connectivity index (χ0n) is 20.6. The summed E-state index contributed by atoms with van der Waals surface area (Å²) in [5.41, 5.74) is 2.94. The molecule has 0 saturated heterocycles. The fraction of sp³-hybridized carbons (Fsp3) is 0.440. The number of nitrogens with one attached hydrogen (secondary N) is 1. The Hall–Kier alpha value is -2.58. The minimum atomic E-state index is -3.76. The normalized spacial score (nSPS) is 13.1. The minimum Gasteiger partial charge on any atom is -0.352 e. The summed E-state index contributed by atoms with van der Waals surface area (Å²) in [5, 5.41) is 3.46. The quantitative estimate of drug-likeness (QED) is 0.525. The first-order valence-corrected chi connectivity index (χ1v) is 13.4. The van der Waals surface area contributed by atoms with Crippen molar-refractivity contribution in [2.45, 2.75) is 59.7 Å². The number of carbonyl (C=O) groups excluding carboxylic acids is 2. The van der Waals surface area contributed by atoms with E-state index in [4.69, 9.17) is 11.6 Å². The summed E-state index contributed by atoms with van der Waals surface area (Å²) < 4.78 is 26.4. The van der Waals surface area contributed by atoms with Crippen LogP contribution < -0.4 is 9.62 Å². The van der Waals surface area contributed by atoms with Gasteiger partial charge in [-0.25, -0.2) is 8.42 Å². The molecule has 0 fully saturated rings. The third kappa shape index (κ3) is 7.46. The van der Waals surface area contributed by atoms with E-state index >= 15 is 0 Å². The Labute approximate surface area is 208 Å². The Morgan fingerprint density at radius 2 is 1.68 bits per heavy atom. The summed E-state index contributed by atoms with van der Waals surface area (Å²) in [4.78, 5) is 27.8. The number of hydrogen-bond donors (Lipinski definition) is 1. The van der Waals surface area contributed by atoms with Crippen LogP contribution >= 0.6 is 11.6 Å². The zero-order chi connectivity index (χ0) is 25.6. The van der Waals surface area contributed by atoms with Gasteiger partial charge in [-0.1, -0.05) is 48.4 Å². The molecule has 0 aliphatic heterocycles. The molecule has 34 heavy (non-hydrogen) atoms. The molecule has 0 aromatic heterocycles. The van der Waals surface area contributed by atoms with Gasteiger partial charge in [0.25, 0.3) is 0 Å². The lowest BCUT2D eigenvalue weighted by Gasteiger charge is -2.32. The molecule has 2 amide bonds. The highest BCUT2D eigenvalue weighted by Crippen LogP contribution is 2.24. The van der Waals surface area contributed by atoms with Gasteiger partial charge in [0.2, 0.25) is 21.8 Å². The number of sulfonamides is 1. The number of rotatable bonds is 10. The summed E-state index contributed by atoms with van der Waals surface area (Å²) in [7, 11) is -3.76. The van der Waals surface area contributed by atoms with Crippen LogP contribution in [0.25, 0.3) is 0 Å². The number of halogens is 1. The first-order chi connectivity index (χ1) is 15.8. The molecule has 2 aromatic carbocycles. The van der Waals surface area contributed by atoms with Gasteiger partial charge in [0, 0.05) is 17.6 Å². The highest BCUT2D eigenvalue weighted by Gasteiger charge is 2.30. The Morgan fingerprint density at radius 1 is 1.06 bits per heavy atom. The van der Waals surface area contributed by atoms with Crippen LogP contribution in [0.5, 0.6) is 0 Å². The van der Waals surface area contributed by atoms with Gasteiger partial charge < -0.3 is 10.2 Å². The molecule has 2 aromatic rings. The van der Waals surface area contributed by atoms with Gasteiger partial charge in [0.1, 0.15) is 12.6 Å². The minimum absolute atomic E-state index is 0.0508. The molecule has 9 heteroatoms. The second-order valence-corrected chi connectivity index (χ2v) is 11.0. The Balaban J connectivity index is 2.41. The van der Waals surface area contributed by atoms with Crippen molar-refractivity contribution >= 4 is 39.1 Å². The largest absolute Gasteiger partial charge is 0.352 e. The fourth-order valence-corrected chi connectivity index (χ4v) is 4.55. The monoisotopic (exact) mass is 507 g/mol. The molecular formula is C25H34ClN3O4S. The Kier molecular flexibility index (Phi) is 9.53. The average molecular weight is 508 g/mol. The van der Waals surface area contributed by atoms with Crippen molar-refractivity contribution in [2.24, 2.45) is 0 Å². The lowest BCUT2D eigenvalue weighted by molar-refractivity contribution is -0.139. The van der Waals surface area contributed by atoms with E-state index in [1.807, 2.05) is 26.8 Å². The maximum atomic E-state index is 13.5. The van der Waals surface area contributed by atoms with Crippen LogP contribution in [-0.4, -0.2) is 50.0 Å². The number of aryl methyl sites for hydroxylation is 2. The molecule has 186 valence electrons. The number of carbonyl (C=O) groups is 2. The predicted octanol–water partition coefficient (Wildman–Crippen LogP) is 4.05. The van der Waals surface area contributed by atoms with Crippen molar-refractivity contribution in [1.82, 2.24) is 10.2 Å². The highest BCUT2D eigenvalue weighted by molar-refractivity contribution is 7.92. The summed E-state index contributed by atoms with van der Waals surface area (Å²) in [6.07, 6.45) is 1.82. The molecule has 0 aliphatic carbocycles. The molecule has 1 N–H and O–H groups in total. The standard InChI is InChI=1S/C25H34ClN3O4S/c1-7-19(4)27-25(31)20(5)28(15-21-9-11-22(26)12-10-21)24(30)16-29(34(6,32)33)23-13-8-17(2)14-18(23)3/h8-14,19-20H,7,15-16H2,1-6H3,(H,27,31). The van der Waals surface area contributed by atoms with Crippen LogP contribution in [0.4, 0.5) is 5.69 Å². The van der Waals surface area contributed by atoms with Crippen molar-refractivity contribution in [3.05, 3.63) is 64.2 Å². The zero-order valence-corrected chi connectivity index (χ0v) is 22.2. The lowest BCUT2D eigenvalue weighted by atomic mass is 10.1. The van der Waals surface area contributed by atoms with E-state index in [1.165, 1.54) is 4.90 Å². The van der Waals surface area contributed by atoms with Crippen molar-refractivity contribution < 1.29 is 18.0 Å².